The summed E-state index contributed by atoms with van der Waals surface area (Å²) in [6.07, 6.45) is 2.58. The lowest BCUT2D eigenvalue weighted by atomic mass is 10.0. The number of nitrogens with zero attached hydrogens (tertiary/aromatic N) is 1. The fraction of sp³-hybridized carbons (Fsp3) is 0.450. The first-order valence-corrected chi connectivity index (χ1v) is 9.74. The average Bonchev–Trinajstić information content (AvgIpc) is 3.21. The molecule has 2 heterocycles. The maximum atomic E-state index is 13.4. The lowest BCUT2D eigenvalue weighted by molar-refractivity contribution is 0.0292. The molecule has 0 atom stereocenters. The lowest BCUT2D eigenvalue weighted by Gasteiger charge is -2.34. The Kier molecular flexibility index (Phi) is 6.52. The number of rotatable bonds is 7. The van der Waals surface area contributed by atoms with E-state index in [-0.39, 0.29) is 11.9 Å². The average molecular weight is 375 g/mol. The number of benzene rings is 1. The van der Waals surface area contributed by atoms with E-state index in [1.807, 2.05) is 17.0 Å². The third-order valence-electron chi connectivity index (χ3n) is 4.71. The van der Waals surface area contributed by atoms with E-state index in [2.05, 4.69) is 11.4 Å². The van der Waals surface area contributed by atoms with Gasteiger partial charge in [0, 0.05) is 30.7 Å². The molecule has 0 bridgehead atoms. The van der Waals surface area contributed by atoms with Gasteiger partial charge >= 0.3 is 0 Å². The molecule has 5 nitrogen and oxygen atoms in total. The van der Waals surface area contributed by atoms with E-state index in [1.165, 1.54) is 4.88 Å². The van der Waals surface area contributed by atoms with Gasteiger partial charge in [0.15, 0.2) is 11.5 Å². The van der Waals surface area contributed by atoms with Gasteiger partial charge < -0.3 is 19.1 Å². The predicted octanol–water partition coefficient (Wildman–Crippen LogP) is 3.63. The molecule has 0 radical (unpaired) electrons. The first-order valence-electron chi connectivity index (χ1n) is 8.86. The van der Waals surface area contributed by atoms with Crippen molar-refractivity contribution in [2.24, 2.45) is 0 Å². The van der Waals surface area contributed by atoms with Crippen LogP contribution in [0.3, 0.4) is 0 Å². The highest BCUT2D eigenvalue weighted by Crippen LogP contribution is 2.32. The van der Waals surface area contributed by atoms with E-state index in [0.29, 0.717) is 36.8 Å². The minimum atomic E-state index is -0.00999. The summed E-state index contributed by atoms with van der Waals surface area (Å²) >= 11 is 1.73. The van der Waals surface area contributed by atoms with Gasteiger partial charge in [-0.15, -0.1) is 11.3 Å². The van der Waals surface area contributed by atoms with E-state index < -0.39 is 0 Å². The molecule has 1 aliphatic heterocycles. The molecule has 1 aromatic carbocycles. The molecule has 0 saturated carbocycles. The highest BCUT2D eigenvalue weighted by Gasteiger charge is 2.29. The van der Waals surface area contributed by atoms with Crippen LogP contribution in [0.25, 0.3) is 0 Å². The van der Waals surface area contributed by atoms with E-state index in [1.54, 1.807) is 37.7 Å². The molecule has 26 heavy (non-hydrogen) atoms. The Balaban J connectivity index is 1.86. The second-order valence-electron chi connectivity index (χ2n) is 6.21. The van der Waals surface area contributed by atoms with Crippen LogP contribution in [0.4, 0.5) is 0 Å². The summed E-state index contributed by atoms with van der Waals surface area (Å²) < 4.78 is 16.3. The summed E-state index contributed by atoms with van der Waals surface area (Å²) in [6, 6.07) is 9.79. The summed E-state index contributed by atoms with van der Waals surface area (Å²) in [7, 11) is 3.15. The van der Waals surface area contributed by atoms with Crippen molar-refractivity contribution in [3.63, 3.8) is 0 Å². The molecule has 140 valence electrons. The second kappa shape index (κ2) is 9.05. The molecule has 0 aliphatic carbocycles. The Morgan fingerprint density at radius 3 is 2.65 bits per heavy atom. The molecule has 6 heteroatoms. The predicted molar refractivity (Wildman–Crippen MR) is 102 cm³/mol. The van der Waals surface area contributed by atoms with Crippen molar-refractivity contribution in [2.45, 2.75) is 25.3 Å². The molecule has 1 amide bonds. The fourth-order valence-corrected chi connectivity index (χ4v) is 4.04. The Hall–Kier alpha value is -2.05. The van der Waals surface area contributed by atoms with Crippen LogP contribution in [-0.4, -0.2) is 50.8 Å². The number of amides is 1. The summed E-state index contributed by atoms with van der Waals surface area (Å²) in [5.74, 6) is 1.06. The third-order valence-corrected chi connectivity index (χ3v) is 5.64. The smallest absolute Gasteiger partial charge is 0.258 e. The van der Waals surface area contributed by atoms with Gasteiger partial charge in [-0.2, -0.15) is 0 Å². The van der Waals surface area contributed by atoms with Crippen molar-refractivity contribution in [1.29, 1.82) is 0 Å². The highest BCUT2D eigenvalue weighted by molar-refractivity contribution is 7.09. The quantitative estimate of drug-likeness (QED) is 0.741. The second-order valence-corrected chi connectivity index (χ2v) is 7.24. The summed E-state index contributed by atoms with van der Waals surface area (Å²) in [6.45, 7) is 2.08. The van der Waals surface area contributed by atoms with E-state index in [4.69, 9.17) is 14.2 Å². The van der Waals surface area contributed by atoms with Crippen LogP contribution in [0.1, 0.15) is 28.1 Å². The number of hydrogen-bond donors (Lipinski definition) is 0. The molecule has 0 unspecified atom stereocenters. The maximum Gasteiger partial charge on any atom is 0.258 e. The normalized spacial score (nSPS) is 14.8. The minimum Gasteiger partial charge on any atom is -0.493 e. The molecule has 1 fully saturated rings. The molecule has 1 aliphatic rings. The zero-order valence-electron chi connectivity index (χ0n) is 15.3. The molecular formula is C20H25NO4S. The molecule has 1 aromatic heterocycles. The van der Waals surface area contributed by atoms with E-state index in [0.717, 1.165) is 19.3 Å². The van der Waals surface area contributed by atoms with Gasteiger partial charge in [0.25, 0.3) is 5.91 Å². The van der Waals surface area contributed by atoms with Gasteiger partial charge in [0.05, 0.1) is 19.8 Å². The number of carbonyl (C=O) groups is 1. The molecule has 3 rings (SSSR count). The number of hydrogen-bond acceptors (Lipinski definition) is 5. The van der Waals surface area contributed by atoms with Crippen LogP contribution in [0.2, 0.25) is 0 Å². The third kappa shape index (κ3) is 4.19. The zero-order valence-corrected chi connectivity index (χ0v) is 16.1. The Morgan fingerprint density at radius 1 is 1.19 bits per heavy atom. The van der Waals surface area contributed by atoms with Crippen molar-refractivity contribution in [1.82, 2.24) is 4.90 Å². The van der Waals surface area contributed by atoms with Gasteiger partial charge in [-0.05, 0) is 42.8 Å². The van der Waals surface area contributed by atoms with Crippen molar-refractivity contribution >= 4 is 17.2 Å². The summed E-state index contributed by atoms with van der Waals surface area (Å²) in [5.41, 5.74) is 0.546. The number of thiophene rings is 1. The zero-order chi connectivity index (χ0) is 18.4. The Morgan fingerprint density at radius 2 is 2.00 bits per heavy atom. The van der Waals surface area contributed by atoms with Gasteiger partial charge in [0.1, 0.15) is 0 Å². The largest absolute Gasteiger partial charge is 0.493 e. The number of methoxy groups -OCH3 is 2. The number of para-hydroxylation sites is 1. The van der Waals surface area contributed by atoms with Crippen LogP contribution in [0.15, 0.2) is 35.7 Å². The lowest BCUT2D eigenvalue weighted by Crippen LogP contribution is -2.44. The first-order chi connectivity index (χ1) is 12.7. The number of ether oxygens (including phenoxy) is 3. The van der Waals surface area contributed by atoms with Crippen LogP contribution < -0.4 is 9.47 Å². The Bertz CT molecular complexity index is 711. The molecule has 1 saturated heterocycles. The monoisotopic (exact) mass is 375 g/mol. The van der Waals surface area contributed by atoms with Crippen molar-refractivity contribution in [2.75, 3.05) is 34.0 Å². The van der Waals surface area contributed by atoms with Crippen LogP contribution in [-0.2, 0) is 11.2 Å². The van der Waals surface area contributed by atoms with Gasteiger partial charge in [0.2, 0.25) is 0 Å². The SMILES string of the molecule is COc1cccc(C(=O)N(CCc2cccs2)C2CCOCC2)c1OC. The molecule has 2 aromatic rings. The van der Waals surface area contributed by atoms with Crippen LogP contribution >= 0.6 is 11.3 Å². The maximum absolute atomic E-state index is 13.4. The van der Waals surface area contributed by atoms with Gasteiger partial charge in [-0.25, -0.2) is 0 Å². The van der Waals surface area contributed by atoms with Crippen molar-refractivity contribution in [3.05, 3.63) is 46.2 Å². The standard InChI is InChI=1S/C20H25NO4S/c1-23-18-7-3-6-17(19(18)24-2)20(22)21(15-9-12-25-13-10-15)11-8-16-5-4-14-26-16/h3-7,14-15H,8-13H2,1-2H3. The van der Waals surface area contributed by atoms with Gasteiger partial charge in [-0.1, -0.05) is 12.1 Å². The van der Waals surface area contributed by atoms with E-state index in [9.17, 15) is 4.79 Å². The van der Waals surface area contributed by atoms with Crippen LogP contribution in [0, 0.1) is 0 Å². The van der Waals surface area contributed by atoms with Gasteiger partial charge in [-0.3, -0.25) is 4.79 Å². The number of carbonyl (C=O) groups excluding carboxylic acids is 1. The van der Waals surface area contributed by atoms with Crippen molar-refractivity contribution in [3.8, 4) is 11.5 Å². The minimum absolute atomic E-state index is 0.00999. The fourth-order valence-electron chi connectivity index (χ4n) is 3.34. The highest BCUT2D eigenvalue weighted by atomic mass is 32.1. The first kappa shape index (κ1) is 18.7. The van der Waals surface area contributed by atoms with Crippen LogP contribution in [0.5, 0.6) is 11.5 Å². The molecular weight excluding hydrogens is 350 g/mol. The van der Waals surface area contributed by atoms with E-state index >= 15 is 0 Å². The Labute approximate surface area is 158 Å². The summed E-state index contributed by atoms with van der Waals surface area (Å²) in [5, 5.41) is 2.07. The van der Waals surface area contributed by atoms with Crippen molar-refractivity contribution < 1.29 is 19.0 Å². The summed E-state index contributed by atoms with van der Waals surface area (Å²) in [4.78, 5) is 16.7. The topological polar surface area (TPSA) is 48.0 Å². The molecule has 0 N–H and O–H groups in total. The molecule has 0 spiro atoms.